The molecule has 6 rings (SSSR count). The highest BCUT2D eigenvalue weighted by Gasteiger charge is 2.58. The predicted octanol–water partition coefficient (Wildman–Crippen LogP) is 8.70. The summed E-state index contributed by atoms with van der Waals surface area (Å²) in [4.78, 5) is 0. The lowest BCUT2D eigenvalue weighted by atomic mass is 9.51. The van der Waals surface area contributed by atoms with Crippen molar-refractivity contribution in [3.8, 4) is 5.75 Å². The highest BCUT2D eigenvalue weighted by molar-refractivity contribution is 5.41. The summed E-state index contributed by atoms with van der Waals surface area (Å²) in [5, 5.41) is 0. The Labute approximate surface area is 245 Å². The Morgan fingerprint density at radius 3 is 2.37 bits per heavy atom. The lowest BCUT2D eigenvalue weighted by molar-refractivity contribution is -0.0883. The quantitative estimate of drug-likeness (QED) is 0.209. The van der Waals surface area contributed by atoms with Crippen LogP contribution in [0, 0.1) is 23.2 Å². The van der Waals surface area contributed by atoms with Gasteiger partial charge in [-0.25, -0.2) is 4.39 Å². The zero-order chi connectivity index (χ0) is 28.1. The minimum absolute atomic E-state index is 0.191. The fourth-order valence-corrected chi connectivity index (χ4v) is 8.58. The number of alkyl halides is 1. The van der Waals surface area contributed by atoms with Crippen LogP contribution in [0.1, 0.15) is 73.6 Å². The van der Waals surface area contributed by atoms with Gasteiger partial charge in [0.15, 0.2) is 0 Å². The minimum Gasteiger partial charge on any atom is -0.489 e. The topological polar surface area (TPSA) is 27.7 Å². The molecular weight excluding hydrogens is 511 g/mol. The zero-order valence-electron chi connectivity index (χ0n) is 24.5. The molecule has 3 aromatic carbocycles. The third-order valence-electron chi connectivity index (χ3n) is 10.4. The first kappa shape index (κ1) is 28.4. The molecule has 218 valence electrons. The molecule has 2 fully saturated rings. The molecule has 0 bridgehead atoms. The number of aryl methyl sites for hydroxylation is 1. The predicted molar refractivity (Wildman–Crippen MR) is 162 cm³/mol. The van der Waals surface area contributed by atoms with Gasteiger partial charge in [-0.05, 0) is 108 Å². The van der Waals surface area contributed by atoms with Crippen LogP contribution in [0.15, 0.2) is 78.9 Å². The summed E-state index contributed by atoms with van der Waals surface area (Å²) in [6.07, 6.45) is 8.36. The van der Waals surface area contributed by atoms with E-state index < -0.39 is 6.67 Å². The van der Waals surface area contributed by atoms with Crippen LogP contribution in [0.4, 0.5) is 4.39 Å². The maximum atomic E-state index is 12.6. The van der Waals surface area contributed by atoms with Crippen molar-refractivity contribution in [2.24, 2.45) is 23.2 Å². The number of rotatable bonds is 12. The monoisotopic (exact) mass is 556 g/mol. The van der Waals surface area contributed by atoms with Gasteiger partial charge in [-0.2, -0.15) is 0 Å². The Morgan fingerprint density at radius 1 is 0.854 bits per heavy atom. The molecule has 3 aliphatic carbocycles. The van der Waals surface area contributed by atoms with Crippen LogP contribution in [0.3, 0.4) is 0 Å². The molecule has 1 unspecified atom stereocenters. The number of ether oxygens (including phenoxy) is 3. The molecule has 0 amide bonds. The van der Waals surface area contributed by atoms with Crippen LogP contribution in [0.25, 0.3) is 0 Å². The van der Waals surface area contributed by atoms with Gasteiger partial charge in [-0.15, -0.1) is 0 Å². The summed E-state index contributed by atoms with van der Waals surface area (Å²) in [5.41, 5.74) is 5.65. The van der Waals surface area contributed by atoms with Crippen molar-refractivity contribution < 1.29 is 18.6 Å². The van der Waals surface area contributed by atoms with Crippen molar-refractivity contribution in [2.75, 3.05) is 19.9 Å². The molecule has 0 heterocycles. The van der Waals surface area contributed by atoms with Crippen molar-refractivity contribution in [3.05, 3.63) is 101 Å². The van der Waals surface area contributed by atoms with Gasteiger partial charge in [0, 0.05) is 6.61 Å². The molecular formula is C37H45FO3. The summed E-state index contributed by atoms with van der Waals surface area (Å²) in [7, 11) is 0. The van der Waals surface area contributed by atoms with Gasteiger partial charge in [0.05, 0.1) is 19.3 Å². The van der Waals surface area contributed by atoms with E-state index in [1.54, 1.807) is 5.56 Å². The minimum atomic E-state index is -0.406. The summed E-state index contributed by atoms with van der Waals surface area (Å²) in [5.74, 6) is 3.48. The van der Waals surface area contributed by atoms with Crippen LogP contribution in [-0.4, -0.2) is 26.0 Å². The molecule has 0 aromatic heterocycles. The largest absolute Gasteiger partial charge is 0.489 e. The Hall–Kier alpha value is -2.69. The van der Waals surface area contributed by atoms with Crippen LogP contribution in [0.2, 0.25) is 0 Å². The third-order valence-corrected chi connectivity index (χ3v) is 10.4. The Kier molecular flexibility index (Phi) is 9.07. The number of benzene rings is 3. The second-order valence-electron chi connectivity index (χ2n) is 12.7. The average molecular weight is 557 g/mol. The van der Waals surface area contributed by atoms with Crippen LogP contribution in [-0.2, 0) is 29.1 Å². The molecule has 4 heteroatoms. The van der Waals surface area contributed by atoms with E-state index in [-0.39, 0.29) is 12.0 Å². The Morgan fingerprint density at radius 2 is 1.61 bits per heavy atom. The maximum Gasteiger partial charge on any atom is 0.120 e. The van der Waals surface area contributed by atoms with Gasteiger partial charge in [-0.3, -0.25) is 0 Å². The van der Waals surface area contributed by atoms with E-state index in [1.807, 2.05) is 6.07 Å². The standard InChI is InChI=1S/C37H45FO3/c1-37-24-30(13-8-21-39-22-20-38)36-32-17-15-31(40-25-27-9-4-2-5-10-27)23-29(32)14-16-33(36)34(37)18-19-35(37)41-26-28-11-6-3-7-12-28/h2-7,9-12,15,17,23,30,33-36H,8,13-14,16,18-22,24-26H2,1H3/t30-,33-,34-,35?,36+,37-/m0/s1. The van der Waals surface area contributed by atoms with Gasteiger partial charge in [0.1, 0.15) is 19.0 Å². The average Bonchev–Trinajstić information content (AvgIpc) is 3.35. The van der Waals surface area contributed by atoms with Crippen LogP contribution >= 0.6 is 0 Å². The van der Waals surface area contributed by atoms with Crippen molar-refractivity contribution in [3.63, 3.8) is 0 Å². The molecule has 0 aliphatic heterocycles. The molecule has 41 heavy (non-hydrogen) atoms. The Bertz CT molecular complexity index is 1250. The van der Waals surface area contributed by atoms with Gasteiger partial charge in [-0.1, -0.05) is 73.7 Å². The van der Waals surface area contributed by atoms with E-state index in [0.717, 1.165) is 31.4 Å². The van der Waals surface area contributed by atoms with Crippen molar-refractivity contribution in [1.82, 2.24) is 0 Å². The first-order valence-electron chi connectivity index (χ1n) is 15.7. The normalized spacial score (nSPS) is 28.5. The van der Waals surface area contributed by atoms with Crippen LogP contribution < -0.4 is 4.74 Å². The molecule has 6 atom stereocenters. The first-order valence-corrected chi connectivity index (χ1v) is 15.7. The van der Waals surface area contributed by atoms with E-state index in [0.29, 0.717) is 49.6 Å². The SMILES string of the molecule is C[C@]12C[C@H](CCCOCCF)[C@@H]3c4ccc(OCc5ccccc5)cc4CC[C@H]3[C@@H]1CCC2OCc1ccccc1. The molecule has 0 radical (unpaired) electrons. The van der Waals surface area contributed by atoms with Crippen LogP contribution in [0.5, 0.6) is 5.75 Å². The molecule has 3 nitrogen and oxygen atoms in total. The smallest absolute Gasteiger partial charge is 0.120 e. The Balaban J connectivity index is 1.21. The zero-order valence-corrected chi connectivity index (χ0v) is 24.5. The summed E-state index contributed by atoms with van der Waals surface area (Å²) in [6.45, 7) is 4.26. The molecule has 0 saturated heterocycles. The highest BCUT2D eigenvalue weighted by Crippen LogP contribution is 2.64. The molecule has 0 spiro atoms. The van der Waals surface area contributed by atoms with Gasteiger partial charge in [0.2, 0.25) is 0 Å². The van der Waals surface area contributed by atoms with Crippen molar-refractivity contribution in [1.29, 1.82) is 0 Å². The highest BCUT2D eigenvalue weighted by atomic mass is 19.1. The molecule has 2 saturated carbocycles. The maximum absolute atomic E-state index is 12.6. The van der Waals surface area contributed by atoms with E-state index in [9.17, 15) is 4.39 Å². The van der Waals surface area contributed by atoms with E-state index >= 15 is 0 Å². The first-order chi connectivity index (χ1) is 20.2. The van der Waals surface area contributed by atoms with Gasteiger partial charge < -0.3 is 14.2 Å². The number of hydrogen-bond donors (Lipinski definition) is 0. The second-order valence-corrected chi connectivity index (χ2v) is 12.7. The van der Waals surface area contributed by atoms with E-state index in [2.05, 4.69) is 79.7 Å². The number of halogens is 1. The van der Waals surface area contributed by atoms with E-state index in [1.165, 1.54) is 36.0 Å². The van der Waals surface area contributed by atoms with E-state index in [4.69, 9.17) is 14.2 Å². The summed E-state index contributed by atoms with van der Waals surface area (Å²) in [6, 6.07) is 27.9. The number of hydrogen-bond acceptors (Lipinski definition) is 3. The second kappa shape index (κ2) is 13.1. The summed E-state index contributed by atoms with van der Waals surface area (Å²) < 4.78 is 31.1. The fourth-order valence-electron chi connectivity index (χ4n) is 8.58. The summed E-state index contributed by atoms with van der Waals surface area (Å²) >= 11 is 0. The van der Waals surface area contributed by atoms with Gasteiger partial charge in [0.25, 0.3) is 0 Å². The third kappa shape index (κ3) is 6.24. The number of fused-ring (bicyclic) bond motifs is 5. The van der Waals surface area contributed by atoms with Crippen molar-refractivity contribution >= 4 is 0 Å². The molecule has 3 aliphatic rings. The molecule has 3 aromatic rings. The molecule has 0 N–H and O–H groups in total. The lowest BCUT2D eigenvalue weighted by Gasteiger charge is -2.54. The van der Waals surface area contributed by atoms with Crippen molar-refractivity contribution in [2.45, 2.75) is 77.1 Å². The fraction of sp³-hybridized carbons (Fsp3) is 0.514. The van der Waals surface area contributed by atoms with Gasteiger partial charge >= 0.3 is 0 Å². The lowest BCUT2D eigenvalue weighted by Crippen LogP contribution is -2.48.